The van der Waals surface area contributed by atoms with Gasteiger partial charge in [-0.2, -0.15) is 4.98 Å². The molecule has 2 heterocycles. The summed E-state index contributed by atoms with van der Waals surface area (Å²) in [5.41, 5.74) is 0. The number of rotatable bonds is 8. The van der Waals surface area contributed by atoms with Crippen molar-refractivity contribution in [3.05, 3.63) is 11.7 Å². The van der Waals surface area contributed by atoms with Crippen molar-refractivity contribution in [2.45, 2.75) is 58.7 Å². The first kappa shape index (κ1) is 20.9. The fourth-order valence-corrected chi connectivity index (χ4v) is 2.50. The van der Waals surface area contributed by atoms with Gasteiger partial charge in [-0.3, -0.25) is 4.79 Å². The Bertz CT molecular complexity index is 503. The molecule has 1 aliphatic rings. The Hall–Kier alpha value is -1.18. The second kappa shape index (κ2) is 9.96. The Balaban J connectivity index is 0.00000288. The van der Waals surface area contributed by atoms with Crippen LogP contribution in [-0.2, 0) is 16.1 Å². The van der Waals surface area contributed by atoms with E-state index in [-0.39, 0.29) is 24.4 Å². The lowest BCUT2D eigenvalue weighted by Gasteiger charge is -2.17. The van der Waals surface area contributed by atoms with Gasteiger partial charge in [0, 0.05) is 26.1 Å². The molecule has 1 saturated heterocycles. The zero-order valence-electron chi connectivity index (χ0n) is 14.9. The van der Waals surface area contributed by atoms with E-state index < -0.39 is 0 Å². The third kappa shape index (κ3) is 6.37. The molecule has 1 aromatic rings. The van der Waals surface area contributed by atoms with Crippen LogP contribution >= 0.6 is 12.4 Å². The molecule has 138 valence electrons. The zero-order valence-corrected chi connectivity index (χ0v) is 15.8. The van der Waals surface area contributed by atoms with Crippen LogP contribution in [0, 0.1) is 5.92 Å². The van der Waals surface area contributed by atoms with Crippen molar-refractivity contribution in [1.29, 1.82) is 0 Å². The highest BCUT2D eigenvalue weighted by atomic mass is 35.5. The van der Waals surface area contributed by atoms with Gasteiger partial charge in [0.2, 0.25) is 11.8 Å². The quantitative estimate of drug-likeness (QED) is 0.766. The van der Waals surface area contributed by atoms with Crippen LogP contribution in [0.3, 0.4) is 0 Å². The van der Waals surface area contributed by atoms with Gasteiger partial charge in [-0.25, -0.2) is 0 Å². The lowest BCUT2D eigenvalue weighted by Crippen LogP contribution is -2.33. The predicted octanol–water partition coefficient (Wildman–Crippen LogP) is 2.33. The van der Waals surface area contributed by atoms with Crippen molar-refractivity contribution >= 4 is 18.3 Å². The highest BCUT2D eigenvalue weighted by Crippen LogP contribution is 2.16. The van der Waals surface area contributed by atoms with Crippen LogP contribution in [0.2, 0.25) is 0 Å². The normalized spacial score (nSPS) is 18.5. The van der Waals surface area contributed by atoms with Crippen LogP contribution < -0.4 is 5.32 Å². The number of halogens is 1. The Morgan fingerprint density at radius 2 is 2.21 bits per heavy atom. The van der Waals surface area contributed by atoms with E-state index in [9.17, 15) is 4.79 Å². The average molecular weight is 361 g/mol. The largest absolute Gasteiger partial charge is 0.370 e. The van der Waals surface area contributed by atoms with E-state index in [2.05, 4.69) is 29.3 Å². The van der Waals surface area contributed by atoms with Gasteiger partial charge in [0.05, 0.1) is 6.54 Å². The summed E-state index contributed by atoms with van der Waals surface area (Å²) in [6, 6.07) is 0.299. The van der Waals surface area contributed by atoms with Gasteiger partial charge in [-0.15, -0.1) is 12.4 Å². The second-order valence-electron chi connectivity index (χ2n) is 6.66. The van der Waals surface area contributed by atoms with Crippen molar-refractivity contribution < 1.29 is 14.1 Å². The summed E-state index contributed by atoms with van der Waals surface area (Å²) >= 11 is 0. The van der Waals surface area contributed by atoms with Gasteiger partial charge in [-0.1, -0.05) is 19.0 Å². The average Bonchev–Trinajstić information content (AvgIpc) is 3.16. The van der Waals surface area contributed by atoms with Crippen LogP contribution in [0.15, 0.2) is 4.52 Å². The van der Waals surface area contributed by atoms with E-state index in [0.717, 1.165) is 19.4 Å². The first-order valence-electron chi connectivity index (χ1n) is 8.37. The highest BCUT2D eigenvalue weighted by Gasteiger charge is 2.22. The van der Waals surface area contributed by atoms with E-state index in [0.29, 0.717) is 43.2 Å². The molecule has 0 bridgehead atoms. The van der Waals surface area contributed by atoms with E-state index in [1.165, 1.54) is 0 Å². The van der Waals surface area contributed by atoms with Gasteiger partial charge in [0.25, 0.3) is 0 Å². The molecule has 7 nitrogen and oxygen atoms in total. The fraction of sp³-hybridized carbons (Fsp3) is 0.812. The summed E-state index contributed by atoms with van der Waals surface area (Å²) in [6.07, 6.45) is 2.52. The van der Waals surface area contributed by atoms with Gasteiger partial charge in [-0.05, 0) is 32.2 Å². The topological polar surface area (TPSA) is 80.5 Å². The molecule has 0 spiro atoms. The van der Waals surface area contributed by atoms with Crippen LogP contribution in [-0.4, -0.2) is 47.2 Å². The van der Waals surface area contributed by atoms with E-state index in [1.807, 2.05) is 6.92 Å². The lowest BCUT2D eigenvalue weighted by atomic mass is 10.1. The molecule has 8 heteroatoms. The summed E-state index contributed by atoms with van der Waals surface area (Å²) in [6.45, 7) is 8.07. The minimum atomic E-state index is -0.210. The second-order valence-corrected chi connectivity index (χ2v) is 6.66. The summed E-state index contributed by atoms with van der Waals surface area (Å²) in [5.74, 6) is 1.51. The number of carbonyl (C=O) groups excluding carboxylic acids is 1. The van der Waals surface area contributed by atoms with Crippen LogP contribution in [0.4, 0.5) is 0 Å². The van der Waals surface area contributed by atoms with E-state index >= 15 is 0 Å². The number of aromatic nitrogens is 2. The molecule has 1 aliphatic heterocycles. The van der Waals surface area contributed by atoms with Crippen LogP contribution in [0.25, 0.3) is 0 Å². The molecule has 1 aromatic heterocycles. The maximum Gasteiger partial charge on any atom is 0.246 e. The summed E-state index contributed by atoms with van der Waals surface area (Å²) in [4.78, 5) is 18.2. The Morgan fingerprint density at radius 3 is 2.83 bits per heavy atom. The standard InChI is InChI=1S/C16H28N4O3.ClH/c1-11(2)10-22-12(3)16-18-14(23-19-16)9-20(4)15(21)8-13-6-5-7-17-13;/h11-13,17H,5-10H2,1-4H3;1H. The number of ether oxygens (including phenoxy) is 1. The number of hydrogen-bond donors (Lipinski definition) is 1. The van der Waals surface area contributed by atoms with E-state index in [1.54, 1.807) is 11.9 Å². The molecule has 0 radical (unpaired) electrons. The number of hydrogen-bond acceptors (Lipinski definition) is 6. The third-order valence-electron chi connectivity index (χ3n) is 3.91. The van der Waals surface area contributed by atoms with Crippen molar-refractivity contribution in [2.75, 3.05) is 20.2 Å². The number of amides is 1. The van der Waals surface area contributed by atoms with Crippen molar-refractivity contribution in [2.24, 2.45) is 5.92 Å². The van der Waals surface area contributed by atoms with Crippen molar-refractivity contribution in [3.63, 3.8) is 0 Å². The number of carbonyl (C=O) groups is 1. The highest BCUT2D eigenvalue weighted by molar-refractivity contribution is 5.85. The summed E-state index contributed by atoms with van der Waals surface area (Å²) in [7, 11) is 1.76. The molecule has 1 fully saturated rings. The lowest BCUT2D eigenvalue weighted by molar-refractivity contribution is -0.131. The molecule has 2 rings (SSSR count). The van der Waals surface area contributed by atoms with Crippen LogP contribution in [0.5, 0.6) is 0 Å². The number of nitrogens with zero attached hydrogens (tertiary/aromatic N) is 3. The molecule has 1 N–H and O–H groups in total. The predicted molar refractivity (Wildman–Crippen MR) is 92.9 cm³/mol. The summed E-state index contributed by atoms with van der Waals surface area (Å²) < 4.78 is 10.9. The van der Waals surface area contributed by atoms with Crippen LogP contribution in [0.1, 0.15) is 57.9 Å². The molecular formula is C16H29ClN4O3. The Labute approximate surface area is 149 Å². The molecule has 0 saturated carbocycles. The molecule has 1 amide bonds. The van der Waals surface area contributed by atoms with Gasteiger partial charge >= 0.3 is 0 Å². The van der Waals surface area contributed by atoms with Gasteiger partial charge in [0.15, 0.2) is 5.82 Å². The van der Waals surface area contributed by atoms with Gasteiger partial charge in [0.1, 0.15) is 6.10 Å². The van der Waals surface area contributed by atoms with E-state index in [4.69, 9.17) is 9.26 Å². The smallest absolute Gasteiger partial charge is 0.246 e. The zero-order chi connectivity index (χ0) is 16.8. The fourth-order valence-electron chi connectivity index (χ4n) is 2.50. The molecule has 2 unspecified atom stereocenters. The first-order valence-corrected chi connectivity index (χ1v) is 8.37. The van der Waals surface area contributed by atoms with Gasteiger partial charge < -0.3 is 19.5 Å². The first-order chi connectivity index (χ1) is 11.0. The summed E-state index contributed by atoms with van der Waals surface area (Å²) in [5, 5.41) is 7.28. The maximum absolute atomic E-state index is 12.2. The molecular weight excluding hydrogens is 332 g/mol. The third-order valence-corrected chi connectivity index (χ3v) is 3.91. The molecule has 2 atom stereocenters. The minimum Gasteiger partial charge on any atom is -0.370 e. The SMILES string of the molecule is CC(C)COC(C)c1noc(CN(C)C(=O)CC2CCCN2)n1.Cl. The molecule has 0 aliphatic carbocycles. The Morgan fingerprint density at radius 1 is 1.46 bits per heavy atom. The minimum absolute atomic E-state index is 0. The Kier molecular flexibility index (Phi) is 8.66. The van der Waals surface area contributed by atoms with Crippen molar-refractivity contribution in [3.8, 4) is 0 Å². The maximum atomic E-state index is 12.2. The molecule has 24 heavy (non-hydrogen) atoms. The molecule has 0 aromatic carbocycles. The number of nitrogens with one attached hydrogen (secondary N) is 1. The monoisotopic (exact) mass is 360 g/mol. The van der Waals surface area contributed by atoms with Crippen molar-refractivity contribution in [1.82, 2.24) is 20.4 Å².